The van der Waals surface area contributed by atoms with Crippen molar-refractivity contribution in [2.24, 2.45) is 16.7 Å². The average molecular weight is 353 g/mol. The largest absolute Gasteiger partial charge is 0.351 e. The van der Waals surface area contributed by atoms with Gasteiger partial charge >= 0.3 is 0 Å². The zero-order valence-electron chi connectivity index (χ0n) is 17.8. The summed E-state index contributed by atoms with van der Waals surface area (Å²) in [4.78, 5) is 26.8. The van der Waals surface area contributed by atoms with Crippen molar-refractivity contribution in [2.75, 3.05) is 13.1 Å². The summed E-state index contributed by atoms with van der Waals surface area (Å²) >= 11 is 0. The van der Waals surface area contributed by atoms with Gasteiger partial charge in [0.2, 0.25) is 11.8 Å². The van der Waals surface area contributed by atoms with Gasteiger partial charge in [-0.3, -0.25) is 9.59 Å². The molecule has 1 N–H and O–H groups in total. The third-order valence-corrected chi connectivity index (χ3v) is 4.52. The lowest BCUT2D eigenvalue weighted by Gasteiger charge is -2.38. The van der Waals surface area contributed by atoms with E-state index in [1.807, 2.05) is 4.90 Å². The maximum absolute atomic E-state index is 12.5. The Morgan fingerprint density at radius 3 is 2.04 bits per heavy atom. The Hall–Kier alpha value is -1.06. The van der Waals surface area contributed by atoms with E-state index in [1.165, 1.54) is 0 Å². The first-order valence-electron chi connectivity index (χ1n) is 9.76. The molecule has 0 saturated carbocycles. The van der Waals surface area contributed by atoms with Crippen LogP contribution in [0.5, 0.6) is 0 Å². The number of rotatable bonds is 5. The van der Waals surface area contributed by atoms with Gasteiger partial charge in [-0.2, -0.15) is 0 Å². The Morgan fingerprint density at radius 1 is 0.960 bits per heavy atom. The van der Waals surface area contributed by atoms with Crippen molar-refractivity contribution >= 4 is 11.8 Å². The third-order valence-electron chi connectivity index (χ3n) is 4.52. The van der Waals surface area contributed by atoms with E-state index in [1.54, 1.807) is 0 Å². The molecule has 1 aliphatic rings. The molecule has 1 atom stereocenters. The lowest BCUT2D eigenvalue weighted by atomic mass is 9.84. The summed E-state index contributed by atoms with van der Waals surface area (Å²) in [7, 11) is 0. The van der Waals surface area contributed by atoms with Gasteiger partial charge in [-0.15, -0.1) is 0 Å². The van der Waals surface area contributed by atoms with Crippen LogP contribution in [0, 0.1) is 16.7 Å². The molecule has 25 heavy (non-hydrogen) atoms. The van der Waals surface area contributed by atoms with Gasteiger partial charge in [-0.1, -0.05) is 41.5 Å². The minimum Gasteiger partial charge on any atom is -0.351 e. The van der Waals surface area contributed by atoms with E-state index in [9.17, 15) is 9.59 Å². The Labute approximate surface area is 155 Å². The molecule has 1 saturated heterocycles. The lowest BCUT2D eigenvalue weighted by Crippen LogP contribution is -2.48. The number of likely N-dealkylation sites (tertiary alicyclic amines) is 1. The SMILES string of the molecule is CC(C)(C)CC(=O)NC(C)(C)CC1CCCN(C(=O)CC(C)(C)C)C1. The molecular formula is C21H40N2O2. The number of nitrogens with one attached hydrogen (secondary N) is 1. The molecule has 0 aromatic rings. The summed E-state index contributed by atoms with van der Waals surface area (Å²) in [5.74, 6) is 0.850. The molecule has 1 heterocycles. The molecule has 4 heteroatoms. The highest BCUT2D eigenvalue weighted by Crippen LogP contribution is 2.28. The highest BCUT2D eigenvalue weighted by Gasteiger charge is 2.31. The average Bonchev–Trinajstić information content (AvgIpc) is 2.32. The lowest BCUT2D eigenvalue weighted by molar-refractivity contribution is -0.135. The molecule has 0 spiro atoms. The standard InChI is InChI=1S/C21H40N2O2/c1-19(2,3)13-17(24)22-21(7,8)12-16-10-9-11-23(15-16)18(25)14-20(4,5)6/h16H,9-15H2,1-8H3,(H,22,24). The second-order valence-corrected chi connectivity index (χ2v) is 11.0. The van der Waals surface area contributed by atoms with Crippen molar-refractivity contribution in [3.05, 3.63) is 0 Å². The highest BCUT2D eigenvalue weighted by molar-refractivity contribution is 5.77. The van der Waals surface area contributed by atoms with Crippen LogP contribution in [0.3, 0.4) is 0 Å². The monoisotopic (exact) mass is 352 g/mol. The Balaban J connectivity index is 2.57. The van der Waals surface area contributed by atoms with Crippen LogP contribution in [0.15, 0.2) is 0 Å². The van der Waals surface area contributed by atoms with Crippen molar-refractivity contribution in [2.45, 2.75) is 93.0 Å². The second-order valence-electron chi connectivity index (χ2n) is 11.0. The van der Waals surface area contributed by atoms with E-state index in [0.717, 1.165) is 32.4 Å². The minimum absolute atomic E-state index is 0.00117. The van der Waals surface area contributed by atoms with Crippen LogP contribution in [0.2, 0.25) is 0 Å². The van der Waals surface area contributed by atoms with Gasteiger partial charge in [0.25, 0.3) is 0 Å². The van der Waals surface area contributed by atoms with Gasteiger partial charge in [0.1, 0.15) is 0 Å². The number of carbonyl (C=O) groups excluding carboxylic acids is 2. The van der Waals surface area contributed by atoms with Crippen LogP contribution in [-0.4, -0.2) is 35.3 Å². The molecule has 0 aromatic heterocycles. The van der Waals surface area contributed by atoms with Gasteiger partial charge in [0.15, 0.2) is 0 Å². The predicted octanol–water partition coefficient (Wildman–Crippen LogP) is 4.38. The zero-order valence-corrected chi connectivity index (χ0v) is 17.8. The maximum atomic E-state index is 12.5. The molecule has 2 amide bonds. The van der Waals surface area contributed by atoms with E-state index in [4.69, 9.17) is 0 Å². The van der Waals surface area contributed by atoms with Crippen molar-refractivity contribution < 1.29 is 9.59 Å². The number of hydrogen-bond donors (Lipinski definition) is 1. The van der Waals surface area contributed by atoms with Gasteiger partial charge in [0.05, 0.1) is 0 Å². The Kier molecular flexibility index (Phi) is 7.12. The van der Waals surface area contributed by atoms with Crippen molar-refractivity contribution in [3.8, 4) is 0 Å². The molecule has 1 unspecified atom stereocenters. The topological polar surface area (TPSA) is 49.4 Å². The van der Waals surface area contributed by atoms with Gasteiger partial charge < -0.3 is 10.2 Å². The molecule has 0 radical (unpaired) electrons. The summed E-state index contributed by atoms with van der Waals surface area (Å²) in [5.41, 5.74) is -0.200. The molecule has 0 aromatic carbocycles. The number of amides is 2. The molecular weight excluding hydrogens is 312 g/mol. The second kappa shape index (κ2) is 8.09. The number of hydrogen-bond acceptors (Lipinski definition) is 2. The van der Waals surface area contributed by atoms with Crippen molar-refractivity contribution in [1.29, 1.82) is 0 Å². The summed E-state index contributed by atoms with van der Waals surface area (Å²) in [6.07, 6.45) is 4.26. The fourth-order valence-corrected chi connectivity index (χ4v) is 3.70. The summed E-state index contributed by atoms with van der Waals surface area (Å²) in [5, 5.41) is 3.20. The molecule has 1 fully saturated rings. The van der Waals surface area contributed by atoms with Crippen molar-refractivity contribution in [3.63, 3.8) is 0 Å². The summed E-state index contributed by atoms with van der Waals surface area (Å²) in [6, 6.07) is 0. The summed E-state index contributed by atoms with van der Waals surface area (Å²) < 4.78 is 0. The van der Waals surface area contributed by atoms with Crippen molar-refractivity contribution in [1.82, 2.24) is 10.2 Å². The number of nitrogens with zero attached hydrogens (tertiary/aromatic N) is 1. The van der Waals surface area contributed by atoms with E-state index in [2.05, 4.69) is 60.7 Å². The molecule has 1 rings (SSSR count). The molecule has 146 valence electrons. The predicted molar refractivity (Wildman–Crippen MR) is 104 cm³/mol. The zero-order chi connectivity index (χ0) is 19.5. The van der Waals surface area contributed by atoms with Crippen LogP contribution in [0.4, 0.5) is 0 Å². The number of carbonyl (C=O) groups is 2. The van der Waals surface area contributed by atoms with Crippen LogP contribution < -0.4 is 5.32 Å². The summed E-state index contributed by atoms with van der Waals surface area (Å²) in [6.45, 7) is 18.5. The van der Waals surface area contributed by atoms with Gasteiger partial charge in [-0.25, -0.2) is 0 Å². The Morgan fingerprint density at radius 2 is 1.52 bits per heavy atom. The normalized spacial score (nSPS) is 19.7. The third kappa shape index (κ3) is 9.27. The maximum Gasteiger partial charge on any atom is 0.223 e. The minimum atomic E-state index is -0.233. The highest BCUT2D eigenvalue weighted by atomic mass is 16.2. The van der Waals surface area contributed by atoms with Crippen LogP contribution in [0.1, 0.15) is 87.5 Å². The van der Waals surface area contributed by atoms with E-state index >= 15 is 0 Å². The van der Waals surface area contributed by atoms with E-state index < -0.39 is 0 Å². The van der Waals surface area contributed by atoms with Crippen LogP contribution in [0.25, 0.3) is 0 Å². The molecule has 4 nitrogen and oxygen atoms in total. The molecule has 0 aliphatic carbocycles. The van der Waals surface area contributed by atoms with Gasteiger partial charge in [-0.05, 0) is 49.9 Å². The first kappa shape index (κ1) is 22.0. The smallest absolute Gasteiger partial charge is 0.223 e. The fourth-order valence-electron chi connectivity index (χ4n) is 3.70. The van der Waals surface area contributed by atoms with E-state index in [-0.39, 0.29) is 28.2 Å². The first-order chi connectivity index (χ1) is 11.2. The fraction of sp³-hybridized carbons (Fsp3) is 0.905. The van der Waals surface area contributed by atoms with Gasteiger partial charge in [0, 0.05) is 31.5 Å². The quantitative estimate of drug-likeness (QED) is 0.798. The van der Waals surface area contributed by atoms with Crippen LogP contribution in [-0.2, 0) is 9.59 Å². The van der Waals surface area contributed by atoms with E-state index in [0.29, 0.717) is 18.8 Å². The van der Waals surface area contributed by atoms with Crippen LogP contribution >= 0.6 is 0 Å². The number of piperidine rings is 1. The molecule has 0 bridgehead atoms. The molecule has 1 aliphatic heterocycles. The first-order valence-corrected chi connectivity index (χ1v) is 9.76. The Bertz CT molecular complexity index is 469.